The molecule has 19 heavy (non-hydrogen) atoms. The normalized spacial score (nSPS) is 10.0. The van der Waals surface area contributed by atoms with Gasteiger partial charge in [-0.2, -0.15) is 0 Å². The van der Waals surface area contributed by atoms with Gasteiger partial charge in [-0.1, -0.05) is 12.1 Å². The summed E-state index contributed by atoms with van der Waals surface area (Å²) in [4.78, 5) is 14.6. The highest BCUT2D eigenvalue weighted by Crippen LogP contribution is 2.28. The molecule has 0 aliphatic heterocycles. The van der Waals surface area contributed by atoms with Crippen molar-refractivity contribution in [3.05, 3.63) is 46.5 Å². The number of hydrogen-bond acceptors (Lipinski definition) is 5. The molecule has 2 rings (SSSR count). The van der Waals surface area contributed by atoms with Crippen LogP contribution in [-0.4, -0.2) is 24.1 Å². The van der Waals surface area contributed by atoms with Crippen LogP contribution in [0.15, 0.2) is 36.4 Å². The number of non-ortho nitro benzene ring substituents is 1. The number of pyridine rings is 1. The molecule has 0 aliphatic rings. The predicted molar refractivity (Wildman–Crippen MR) is 69.4 cm³/mol. The Morgan fingerprint density at radius 3 is 2.58 bits per heavy atom. The summed E-state index contributed by atoms with van der Waals surface area (Å²) >= 11 is 0. The minimum absolute atomic E-state index is 0.0149. The average molecular weight is 260 g/mol. The number of hydrogen-bond donors (Lipinski definition) is 0. The van der Waals surface area contributed by atoms with E-state index >= 15 is 0 Å². The van der Waals surface area contributed by atoms with E-state index in [1.54, 1.807) is 24.3 Å². The van der Waals surface area contributed by atoms with Gasteiger partial charge < -0.3 is 9.47 Å². The van der Waals surface area contributed by atoms with Gasteiger partial charge >= 0.3 is 0 Å². The van der Waals surface area contributed by atoms with Gasteiger partial charge in [0.15, 0.2) is 0 Å². The Hall–Kier alpha value is -2.63. The fourth-order valence-electron chi connectivity index (χ4n) is 1.63. The van der Waals surface area contributed by atoms with Crippen LogP contribution in [0.3, 0.4) is 0 Å². The smallest absolute Gasteiger partial charge is 0.270 e. The molecular formula is C13H12N2O4. The average Bonchev–Trinajstić information content (AvgIpc) is 2.46. The van der Waals surface area contributed by atoms with Crippen molar-refractivity contribution in [2.45, 2.75) is 0 Å². The highest BCUT2D eigenvalue weighted by molar-refractivity contribution is 5.64. The Morgan fingerprint density at radius 1 is 1.16 bits per heavy atom. The maximum atomic E-state index is 10.8. The van der Waals surface area contributed by atoms with Crippen LogP contribution in [0.5, 0.6) is 11.6 Å². The molecule has 0 saturated carbocycles. The summed E-state index contributed by atoms with van der Waals surface area (Å²) in [6, 6.07) is 9.58. The Balaban J connectivity index is 2.51. The van der Waals surface area contributed by atoms with E-state index in [0.29, 0.717) is 22.9 Å². The van der Waals surface area contributed by atoms with Crippen molar-refractivity contribution in [2.75, 3.05) is 14.2 Å². The number of methoxy groups -OCH3 is 2. The highest BCUT2D eigenvalue weighted by Gasteiger charge is 2.10. The molecule has 2 aromatic rings. The Labute approximate surface area is 109 Å². The standard InChI is InChI=1S/C13H12N2O4/c1-18-11-7-12(14-13(8-11)19-2)9-4-3-5-10(6-9)15(16)17/h3-8H,1-2H3. The van der Waals surface area contributed by atoms with Gasteiger partial charge in [0.25, 0.3) is 5.69 Å². The maximum Gasteiger partial charge on any atom is 0.270 e. The van der Waals surface area contributed by atoms with Gasteiger partial charge in [-0.15, -0.1) is 0 Å². The molecule has 98 valence electrons. The zero-order valence-corrected chi connectivity index (χ0v) is 10.5. The van der Waals surface area contributed by atoms with Crippen molar-refractivity contribution in [1.82, 2.24) is 4.98 Å². The lowest BCUT2D eigenvalue weighted by molar-refractivity contribution is -0.384. The first kappa shape index (κ1) is 12.8. The summed E-state index contributed by atoms with van der Waals surface area (Å²) < 4.78 is 10.2. The second-order valence-electron chi connectivity index (χ2n) is 3.74. The molecule has 0 bridgehead atoms. The third-order valence-electron chi connectivity index (χ3n) is 2.57. The third-order valence-corrected chi connectivity index (χ3v) is 2.57. The van der Waals surface area contributed by atoms with Crippen LogP contribution in [0, 0.1) is 10.1 Å². The molecule has 1 aromatic carbocycles. The Bertz CT molecular complexity index is 591. The molecule has 0 fully saturated rings. The summed E-state index contributed by atoms with van der Waals surface area (Å²) in [5.41, 5.74) is 1.20. The molecule has 0 unspecified atom stereocenters. The van der Waals surface area contributed by atoms with Crippen molar-refractivity contribution in [2.24, 2.45) is 0 Å². The first-order chi connectivity index (χ1) is 9.13. The molecule has 1 aromatic heterocycles. The summed E-state index contributed by atoms with van der Waals surface area (Å²) in [5.74, 6) is 0.967. The molecule has 6 heteroatoms. The quantitative estimate of drug-likeness (QED) is 0.624. The molecule has 0 atom stereocenters. The van der Waals surface area contributed by atoms with Crippen LogP contribution in [0.25, 0.3) is 11.3 Å². The second-order valence-corrected chi connectivity index (χ2v) is 3.74. The topological polar surface area (TPSA) is 74.5 Å². The van der Waals surface area contributed by atoms with Crippen LogP contribution in [0.1, 0.15) is 0 Å². The zero-order chi connectivity index (χ0) is 13.8. The lowest BCUT2D eigenvalue weighted by atomic mass is 10.1. The lowest BCUT2D eigenvalue weighted by Gasteiger charge is -2.07. The fourth-order valence-corrected chi connectivity index (χ4v) is 1.63. The SMILES string of the molecule is COc1cc(OC)nc(-c2cccc([N+](=O)[O-])c2)c1. The number of aromatic nitrogens is 1. The highest BCUT2D eigenvalue weighted by atomic mass is 16.6. The van der Waals surface area contributed by atoms with Crippen LogP contribution in [0.4, 0.5) is 5.69 Å². The summed E-state index contributed by atoms with van der Waals surface area (Å²) in [7, 11) is 3.03. The first-order valence-corrected chi connectivity index (χ1v) is 5.49. The van der Waals surface area contributed by atoms with Crippen molar-refractivity contribution >= 4 is 5.69 Å². The van der Waals surface area contributed by atoms with Crippen molar-refractivity contribution in [3.8, 4) is 22.9 Å². The molecular weight excluding hydrogens is 248 g/mol. The van der Waals surface area contributed by atoms with E-state index in [0.717, 1.165) is 0 Å². The van der Waals surface area contributed by atoms with E-state index in [4.69, 9.17) is 9.47 Å². The minimum atomic E-state index is -0.444. The van der Waals surface area contributed by atoms with Gasteiger partial charge in [0.1, 0.15) is 5.75 Å². The van der Waals surface area contributed by atoms with E-state index in [9.17, 15) is 10.1 Å². The van der Waals surface area contributed by atoms with Crippen LogP contribution >= 0.6 is 0 Å². The molecule has 0 saturated heterocycles. The zero-order valence-electron chi connectivity index (χ0n) is 10.5. The number of rotatable bonds is 4. The van der Waals surface area contributed by atoms with Gasteiger partial charge in [-0.25, -0.2) is 4.98 Å². The number of nitrogens with zero attached hydrogens (tertiary/aromatic N) is 2. The van der Waals surface area contributed by atoms with E-state index in [-0.39, 0.29) is 5.69 Å². The molecule has 0 amide bonds. The summed E-state index contributed by atoms with van der Waals surface area (Å²) in [6.07, 6.45) is 0. The van der Waals surface area contributed by atoms with Crippen molar-refractivity contribution in [1.29, 1.82) is 0 Å². The monoisotopic (exact) mass is 260 g/mol. The summed E-state index contributed by atoms with van der Waals surface area (Å²) in [5, 5.41) is 10.8. The van der Waals surface area contributed by atoms with E-state index in [1.807, 2.05) is 0 Å². The van der Waals surface area contributed by atoms with Crippen molar-refractivity contribution < 1.29 is 14.4 Å². The fraction of sp³-hybridized carbons (Fsp3) is 0.154. The number of ether oxygens (including phenoxy) is 2. The van der Waals surface area contributed by atoms with E-state index in [1.165, 1.54) is 26.4 Å². The predicted octanol–water partition coefficient (Wildman–Crippen LogP) is 2.67. The summed E-state index contributed by atoms with van der Waals surface area (Å²) in [6.45, 7) is 0. The molecule has 0 N–H and O–H groups in total. The van der Waals surface area contributed by atoms with E-state index in [2.05, 4.69) is 4.98 Å². The van der Waals surface area contributed by atoms with Gasteiger partial charge in [0.2, 0.25) is 5.88 Å². The third kappa shape index (κ3) is 2.79. The number of nitro benzene ring substituents is 1. The van der Waals surface area contributed by atoms with Gasteiger partial charge in [-0.05, 0) is 0 Å². The first-order valence-electron chi connectivity index (χ1n) is 5.49. The van der Waals surface area contributed by atoms with Gasteiger partial charge in [0.05, 0.1) is 24.8 Å². The molecule has 0 aliphatic carbocycles. The van der Waals surface area contributed by atoms with Crippen LogP contribution < -0.4 is 9.47 Å². The maximum absolute atomic E-state index is 10.8. The van der Waals surface area contributed by atoms with Crippen molar-refractivity contribution in [3.63, 3.8) is 0 Å². The molecule has 6 nitrogen and oxygen atoms in total. The van der Waals surface area contributed by atoms with Crippen LogP contribution in [0.2, 0.25) is 0 Å². The van der Waals surface area contributed by atoms with Gasteiger partial charge in [-0.3, -0.25) is 10.1 Å². The van der Waals surface area contributed by atoms with E-state index < -0.39 is 4.92 Å². The number of nitro groups is 1. The Morgan fingerprint density at radius 2 is 1.95 bits per heavy atom. The largest absolute Gasteiger partial charge is 0.496 e. The lowest BCUT2D eigenvalue weighted by Crippen LogP contribution is -1.94. The minimum Gasteiger partial charge on any atom is -0.496 e. The molecule has 0 spiro atoms. The molecule has 1 heterocycles. The number of benzene rings is 1. The van der Waals surface area contributed by atoms with Crippen LogP contribution in [-0.2, 0) is 0 Å². The second kappa shape index (κ2) is 5.34. The Kier molecular flexibility index (Phi) is 3.61. The van der Waals surface area contributed by atoms with Gasteiger partial charge in [0, 0.05) is 29.8 Å². The molecule has 0 radical (unpaired) electrons.